The van der Waals surface area contributed by atoms with E-state index < -0.39 is 0 Å². The predicted molar refractivity (Wildman–Crippen MR) is 218 cm³/mol. The second-order valence-electron chi connectivity index (χ2n) is 14.3. The molecule has 0 atom stereocenters. The van der Waals surface area contributed by atoms with Crippen molar-refractivity contribution >= 4 is 49.9 Å². The van der Waals surface area contributed by atoms with Gasteiger partial charge >= 0.3 is 0 Å². The lowest BCUT2D eigenvalue weighted by molar-refractivity contribution is 0.591. The summed E-state index contributed by atoms with van der Waals surface area (Å²) in [6, 6.07) is 62.3. The van der Waals surface area contributed by atoms with Gasteiger partial charge in [-0.25, -0.2) is 9.97 Å². The Morgan fingerprint density at radius 2 is 0.923 bits per heavy atom. The average molecular weight is 671 g/mol. The minimum absolute atomic E-state index is 0.0284. The van der Waals surface area contributed by atoms with Crippen molar-refractivity contribution in [2.24, 2.45) is 0 Å². The van der Waals surface area contributed by atoms with E-state index in [0.29, 0.717) is 0 Å². The fourth-order valence-corrected chi connectivity index (χ4v) is 7.26. The van der Waals surface area contributed by atoms with Gasteiger partial charge in [0, 0.05) is 44.6 Å². The summed E-state index contributed by atoms with van der Waals surface area (Å²) >= 11 is 0. The first-order chi connectivity index (χ1) is 25.4. The Balaban J connectivity index is 1.21. The van der Waals surface area contributed by atoms with Crippen LogP contribution in [0.25, 0.3) is 61.0 Å². The fraction of sp³-hybridized carbons (Fsp3) is 0.0833. The first-order valence-corrected chi connectivity index (χ1v) is 17.8. The minimum Gasteiger partial charge on any atom is -0.310 e. The van der Waals surface area contributed by atoms with E-state index in [-0.39, 0.29) is 5.41 Å². The monoisotopic (exact) mass is 670 g/mol. The molecule has 0 saturated heterocycles. The van der Waals surface area contributed by atoms with Gasteiger partial charge in [-0.05, 0) is 89.8 Å². The number of hydrogen-bond donors (Lipinski definition) is 0. The van der Waals surface area contributed by atoms with Crippen molar-refractivity contribution in [3.8, 4) is 28.2 Å². The largest absolute Gasteiger partial charge is 0.310 e. The molecule has 0 N–H and O–H groups in total. The highest BCUT2D eigenvalue weighted by molar-refractivity contribution is 6.11. The normalized spacial score (nSPS) is 11.8. The Bertz CT molecular complexity index is 2690. The van der Waals surface area contributed by atoms with E-state index in [4.69, 9.17) is 9.97 Å². The first-order valence-electron chi connectivity index (χ1n) is 17.8. The highest BCUT2D eigenvalue weighted by atomic mass is 15.1. The number of anilines is 3. The Hall–Kier alpha value is -6.52. The molecule has 0 amide bonds. The quantitative estimate of drug-likeness (QED) is 0.177. The van der Waals surface area contributed by atoms with Crippen molar-refractivity contribution in [2.45, 2.75) is 26.2 Å². The summed E-state index contributed by atoms with van der Waals surface area (Å²) in [7, 11) is 0. The number of fused-ring (bicyclic) bond motifs is 4. The van der Waals surface area contributed by atoms with Crippen LogP contribution in [0.3, 0.4) is 0 Å². The molecule has 9 rings (SSSR count). The number of hydrogen-bond acceptors (Lipinski definition) is 3. The number of benzene rings is 7. The SMILES string of the molecule is CC(C)(C)c1ccc2c(c1)c1cc(N(c3ccccc3)c3ccc(-c4nc5ccccc5nc4-c4ccccc4)cc3)ccc1n2-c1ccccc1. The maximum atomic E-state index is 5.15. The molecule has 52 heavy (non-hydrogen) atoms. The molecule has 0 aliphatic heterocycles. The molecule has 0 aliphatic carbocycles. The van der Waals surface area contributed by atoms with Crippen LogP contribution in [0, 0.1) is 0 Å². The van der Waals surface area contributed by atoms with Crippen LogP contribution in [0.5, 0.6) is 0 Å². The molecule has 7 aromatic carbocycles. The van der Waals surface area contributed by atoms with Gasteiger partial charge in [0.05, 0.1) is 33.5 Å². The van der Waals surface area contributed by atoms with Gasteiger partial charge in [0.2, 0.25) is 0 Å². The van der Waals surface area contributed by atoms with Crippen LogP contribution in [-0.2, 0) is 5.41 Å². The third kappa shape index (κ3) is 5.59. The van der Waals surface area contributed by atoms with Gasteiger partial charge in [-0.15, -0.1) is 0 Å². The summed E-state index contributed by atoms with van der Waals surface area (Å²) < 4.78 is 2.39. The summed E-state index contributed by atoms with van der Waals surface area (Å²) in [5.74, 6) is 0. The molecular formula is C48H38N4. The maximum Gasteiger partial charge on any atom is 0.0973 e. The molecule has 4 nitrogen and oxygen atoms in total. The third-order valence-electron chi connectivity index (χ3n) is 9.92. The molecule has 0 aliphatic rings. The van der Waals surface area contributed by atoms with Crippen molar-refractivity contribution in [1.82, 2.24) is 14.5 Å². The molecule has 0 radical (unpaired) electrons. The molecule has 0 bridgehead atoms. The van der Waals surface area contributed by atoms with E-state index in [1.807, 2.05) is 30.3 Å². The predicted octanol–water partition coefficient (Wildman–Crippen LogP) is 12.8. The summed E-state index contributed by atoms with van der Waals surface area (Å²) in [6.07, 6.45) is 0. The molecule has 2 heterocycles. The minimum atomic E-state index is 0.0284. The van der Waals surface area contributed by atoms with Crippen LogP contribution in [0.4, 0.5) is 17.1 Å². The lowest BCUT2D eigenvalue weighted by Gasteiger charge is -2.26. The van der Waals surface area contributed by atoms with Crippen LogP contribution in [0.15, 0.2) is 176 Å². The molecule has 0 spiro atoms. The highest BCUT2D eigenvalue weighted by Crippen LogP contribution is 2.41. The molecule has 4 heteroatoms. The molecule has 2 aromatic heterocycles. The van der Waals surface area contributed by atoms with Gasteiger partial charge in [0.15, 0.2) is 0 Å². The van der Waals surface area contributed by atoms with Crippen LogP contribution < -0.4 is 4.90 Å². The van der Waals surface area contributed by atoms with Crippen molar-refractivity contribution in [1.29, 1.82) is 0 Å². The second kappa shape index (κ2) is 12.7. The number of aromatic nitrogens is 3. The first kappa shape index (κ1) is 31.5. The fourth-order valence-electron chi connectivity index (χ4n) is 7.26. The van der Waals surface area contributed by atoms with Crippen molar-refractivity contribution in [2.75, 3.05) is 4.90 Å². The van der Waals surface area contributed by atoms with Gasteiger partial charge in [0.25, 0.3) is 0 Å². The van der Waals surface area contributed by atoms with E-state index in [1.165, 1.54) is 27.4 Å². The molecule has 250 valence electrons. The van der Waals surface area contributed by atoms with Gasteiger partial charge in [0.1, 0.15) is 0 Å². The summed E-state index contributed by atoms with van der Waals surface area (Å²) in [5, 5.41) is 2.47. The van der Waals surface area contributed by atoms with Gasteiger partial charge in [-0.1, -0.05) is 118 Å². The summed E-state index contributed by atoms with van der Waals surface area (Å²) in [4.78, 5) is 12.6. The lowest BCUT2D eigenvalue weighted by atomic mass is 9.86. The second-order valence-corrected chi connectivity index (χ2v) is 14.3. The highest BCUT2D eigenvalue weighted by Gasteiger charge is 2.21. The van der Waals surface area contributed by atoms with Crippen molar-refractivity contribution in [3.63, 3.8) is 0 Å². The van der Waals surface area contributed by atoms with E-state index in [9.17, 15) is 0 Å². The number of para-hydroxylation sites is 4. The van der Waals surface area contributed by atoms with Crippen LogP contribution >= 0.6 is 0 Å². The Morgan fingerprint density at radius 3 is 1.54 bits per heavy atom. The van der Waals surface area contributed by atoms with E-state index in [1.54, 1.807) is 0 Å². The van der Waals surface area contributed by atoms with Crippen LogP contribution in [0.1, 0.15) is 26.3 Å². The zero-order chi connectivity index (χ0) is 35.2. The summed E-state index contributed by atoms with van der Waals surface area (Å²) in [6.45, 7) is 6.84. The maximum absolute atomic E-state index is 5.15. The molecule has 0 fully saturated rings. The standard InChI is InChI=1S/C48H38N4/c1-48(2,3)35-25-29-44-40(31-35)41-32-39(28-30-45(41)52(44)37-19-11-6-12-20-37)51(36-17-9-5-10-18-36)38-26-23-34(24-27-38)47-46(33-15-7-4-8-16-33)49-42-21-13-14-22-43(42)50-47/h4-32H,1-3H3. The topological polar surface area (TPSA) is 34.0 Å². The number of nitrogens with zero attached hydrogens (tertiary/aromatic N) is 4. The molecule has 9 aromatic rings. The van der Waals surface area contributed by atoms with E-state index in [2.05, 4.69) is 176 Å². The van der Waals surface area contributed by atoms with Crippen LogP contribution in [0.2, 0.25) is 0 Å². The van der Waals surface area contributed by atoms with E-state index >= 15 is 0 Å². The Morgan fingerprint density at radius 1 is 0.442 bits per heavy atom. The molecule has 0 unspecified atom stereocenters. The zero-order valence-corrected chi connectivity index (χ0v) is 29.5. The van der Waals surface area contributed by atoms with E-state index in [0.717, 1.165) is 56.3 Å². The smallest absolute Gasteiger partial charge is 0.0973 e. The summed E-state index contributed by atoms with van der Waals surface area (Å²) in [5.41, 5.74) is 13.7. The third-order valence-corrected chi connectivity index (χ3v) is 9.92. The molecule has 0 saturated carbocycles. The lowest BCUT2D eigenvalue weighted by Crippen LogP contribution is -2.10. The average Bonchev–Trinajstić information content (AvgIpc) is 3.52. The van der Waals surface area contributed by atoms with Gasteiger partial charge < -0.3 is 9.47 Å². The Kier molecular flexibility index (Phi) is 7.66. The molecular weight excluding hydrogens is 633 g/mol. The van der Waals surface area contributed by atoms with Gasteiger partial charge in [-0.3, -0.25) is 0 Å². The Labute approximate surface area is 304 Å². The van der Waals surface area contributed by atoms with Crippen molar-refractivity contribution < 1.29 is 0 Å². The van der Waals surface area contributed by atoms with Crippen LogP contribution in [-0.4, -0.2) is 14.5 Å². The van der Waals surface area contributed by atoms with Gasteiger partial charge in [-0.2, -0.15) is 0 Å². The number of rotatable bonds is 6. The zero-order valence-electron chi connectivity index (χ0n) is 29.5. The van der Waals surface area contributed by atoms with Crippen molar-refractivity contribution in [3.05, 3.63) is 181 Å².